The first-order chi connectivity index (χ1) is 13.2. The minimum absolute atomic E-state index is 0.0116. The molecule has 0 bridgehead atoms. The summed E-state index contributed by atoms with van der Waals surface area (Å²) in [7, 11) is 0. The van der Waals surface area contributed by atoms with Gasteiger partial charge in [-0.05, 0) is 42.7 Å². The average Bonchev–Trinajstić information content (AvgIpc) is 3.55. The van der Waals surface area contributed by atoms with Crippen molar-refractivity contribution in [3.63, 3.8) is 0 Å². The van der Waals surface area contributed by atoms with Gasteiger partial charge in [0, 0.05) is 50.8 Å². The first kappa shape index (κ1) is 17.5. The maximum absolute atomic E-state index is 13.0. The highest BCUT2D eigenvalue weighted by molar-refractivity contribution is 6.07. The van der Waals surface area contributed by atoms with Gasteiger partial charge >= 0.3 is 0 Å². The standard InChI is InChI=1S/C21H24N4O2/c26-19(23-16-17-6-10-22-11-7-17)21(8-9-21)20(27)25-14-12-24(13-15-25)18-4-2-1-3-5-18/h1-7,10-11H,8-9,12-16H2,(H,23,26). The molecule has 2 aliphatic rings. The van der Waals surface area contributed by atoms with Crippen LogP contribution in [-0.2, 0) is 16.1 Å². The van der Waals surface area contributed by atoms with E-state index in [-0.39, 0.29) is 11.8 Å². The summed E-state index contributed by atoms with van der Waals surface area (Å²) in [5, 5.41) is 2.93. The lowest BCUT2D eigenvalue weighted by Crippen LogP contribution is -2.53. The number of nitrogens with zero attached hydrogens (tertiary/aromatic N) is 3. The van der Waals surface area contributed by atoms with Crippen LogP contribution in [0.15, 0.2) is 54.9 Å². The van der Waals surface area contributed by atoms with Crippen LogP contribution in [0.25, 0.3) is 0 Å². The molecule has 2 heterocycles. The Hall–Kier alpha value is -2.89. The van der Waals surface area contributed by atoms with Crippen LogP contribution in [-0.4, -0.2) is 47.9 Å². The Morgan fingerprint density at radius 3 is 2.26 bits per heavy atom. The second-order valence-electron chi connectivity index (χ2n) is 7.24. The van der Waals surface area contributed by atoms with Crippen molar-refractivity contribution < 1.29 is 9.59 Å². The third kappa shape index (κ3) is 3.65. The Bertz CT molecular complexity index is 797. The van der Waals surface area contributed by atoms with Gasteiger partial charge in [-0.3, -0.25) is 14.6 Å². The summed E-state index contributed by atoms with van der Waals surface area (Å²) >= 11 is 0. The number of para-hydroxylation sites is 1. The lowest BCUT2D eigenvalue weighted by Gasteiger charge is -2.37. The molecule has 6 nitrogen and oxygen atoms in total. The molecule has 0 atom stereocenters. The molecule has 1 aromatic carbocycles. The molecule has 2 amide bonds. The molecule has 1 saturated carbocycles. The summed E-state index contributed by atoms with van der Waals surface area (Å²) in [5.74, 6) is -0.155. The van der Waals surface area contributed by atoms with Gasteiger partial charge in [-0.25, -0.2) is 0 Å². The van der Waals surface area contributed by atoms with E-state index in [0.29, 0.717) is 32.5 Å². The molecule has 0 unspecified atom stereocenters. The van der Waals surface area contributed by atoms with E-state index < -0.39 is 5.41 Å². The van der Waals surface area contributed by atoms with Gasteiger partial charge in [0.05, 0.1) is 0 Å². The summed E-state index contributed by atoms with van der Waals surface area (Å²) in [6.07, 6.45) is 4.69. The number of anilines is 1. The molecule has 0 spiro atoms. The third-order valence-electron chi connectivity index (χ3n) is 5.48. The van der Waals surface area contributed by atoms with E-state index in [1.165, 1.54) is 5.69 Å². The maximum atomic E-state index is 13.0. The predicted octanol–water partition coefficient (Wildman–Crippen LogP) is 1.83. The molecule has 1 aliphatic carbocycles. The average molecular weight is 364 g/mol. The second kappa shape index (κ2) is 7.39. The molecule has 27 heavy (non-hydrogen) atoms. The van der Waals surface area contributed by atoms with E-state index in [9.17, 15) is 9.59 Å². The molecule has 1 N–H and O–H groups in total. The first-order valence-electron chi connectivity index (χ1n) is 9.46. The number of benzene rings is 1. The molecular formula is C21H24N4O2. The van der Waals surface area contributed by atoms with Gasteiger partial charge in [0.15, 0.2) is 0 Å². The quantitative estimate of drug-likeness (QED) is 0.822. The van der Waals surface area contributed by atoms with E-state index in [2.05, 4.69) is 27.3 Å². The van der Waals surface area contributed by atoms with Crippen LogP contribution in [0.3, 0.4) is 0 Å². The van der Waals surface area contributed by atoms with E-state index in [4.69, 9.17) is 0 Å². The largest absolute Gasteiger partial charge is 0.368 e. The molecule has 1 aromatic heterocycles. The van der Waals surface area contributed by atoms with Crippen LogP contribution < -0.4 is 10.2 Å². The summed E-state index contributed by atoms with van der Waals surface area (Å²) in [6, 6.07) is 14.0. The van der Waals surface area contributed by atoms with Crippen molar-refractivity contribution in [1.82, 2.24) is 15.2 Å². The van der Waals surface area contributed by atoms with Gasteiger partial charge in [0.25, 0.3) is 0 Å². The van der Waals surface area contributed by atoms with Crippen molar-refractivity contribution in [3.8, 4) is 0 Å². The number of carbonyl (C=O) groups is 2. The van der Waals surface area contributed by atoms with E-state index in [1.807, 2.05) is 35.2 Å². The van der Waals surface area contributed by atoms with Gasteiger partial charge in [-0.2, -0.15) is 0 Å². The fourth-order valence-electron chi connectivity index (χ4n) is 3.62. The fraction of sp³-hybridized carbons (Fsp3) is 0.381. The zero-order valence-corrected chi connectivity index (χ0v) is 15.3. The topological polar surface area (TPSA) is 65.5 Å². The monoisotopic (exact) mass is 364 g/mol. The molecular weight excluding hydrogens is 340 g/mol. The highest BCUT2D eigenvalue weighted by Gasteiger charge is 2.58. The number of piperazine rings is 1. The Morgan fingerprint density at radius 2 is 1.63 bits per heavy atom. The lowest BCUT2D eigenvalue weighted by molar-refractivity contribution is -0.144. The van der Waals surface area contributed by atoms with Crippen LogP contribution in [0.1, 0.15) is 18.4 Å². The summed E-state index contributed by atoms with van der Waals surface area (Å²) in [4.78, 5) is 33.8. The summed E-state index contributed by atoms with van der Waals surface area (Å²) in [5.41, 5.74) is 1.32. The molecule has 2 fully saturated rings. The zero-order valence-electron chi connectivity index (χ0n) is 15.3. The number of carbonyl (C=O) groups excluding carboxylic acids is 2. The van der Waals surface area contributed by atoms with Crippen LogP contribution in [0.4, 0.5) is 5.69 Å². The van der Waals surface area contributed by atoms with Crippen LogP contribution in [0.2, 0.25) is 0 Å². The molecule has 0 radical (unpaired) electrons. The highest BCUT2D eigenvalue weighted by Crippen LogP contribution is 2.47. The number of aromatic nitrogens is 1. The zero-order chi connectivity index (χ0) is 18.7. The first-order valence-corrected chi connectivity index (χ1v) is 9.46. The molecule has 140 valence electrons. The Balaban J connectivity index is 1.33. The fourth-order valence-corrected chi connectivity index (χ4v) is 3.62. The van der Waals surface area contributed by atoms with Gasteiger partial charge in [-0.15, -0.1) is 0 Å². The summed E-state index contributed by atoms with van der Waals surface area (Å²) in [6.45, 7) is 3.34. The van der Waals surface area contributed by atoms with Crippen molar-refractivity contribution in [2.45, 2.75) is 19.4 Å². The van der Waals surface area contributed by atoms with Crippen molar-refractivity contribution in [2.75, 3.05) is 31.1 Å². The molecule has 1 aliphatic heterocycles. The Kier molecular flexibility index (Phi) is 4.79. The molecule has 2 aromatic rings. The third-order valence-corrected chi connectivity index (χ3v) is 5.48. The van der Waals surface area contributed by atoms with Crippen LogP contribution >= 0.6 is 0 Å². The van der Waals surface area contributed by atoms with E-state index in [1.54, 1.807) is 12.4 Å². The number of hydrogen-bond donors (Lipinski definition) is 1. The lowest BCUT2D eigenvalue weighted by atomic mass is 10.0. The number of hydrogen-bond acceptors (Lipinski definition) is 4. The predicted molar refractivity (Wildman–Crippen MR) is 103 cm³/mol. The number of amides is 2. The number of pyridine rings is 1. The number of rotatable bonds is 5. The van der Waals surface area contributed by atoms with Crippen molar-refractivity contribution in [3.05, 3.63) is 60.4 Å². The van der Waals surface area contributed by atoms with Gasteiger partial charge in [-0.1, -0.05) is 18.2 Å². The van der Waals surface area contributed by atoms with Crippen molar-refractivity contribution in [1.29, 1.82) is 0 Å². The minimum Gasteiger partial charge on any atom is -0.368 e. The Labute approximate surface area is 159 Å². The van der Waals surface area contributed by atoms with Crippen LogP contribution in [0.5, 0.6) is 0 Å². The highest BCUT2D eigenvalue weighted by atomic mass is 16.2. The summed E-state index contributed by atoms with van der Waals surface area (Å²) < 4.78 is 0. The molecule has 1 saturated heterocycles. The number of nitrogens with one attached hydrogen (secondary N) is 1. The minimum atomic E-state index is -0.845. The van der Waals surface area contributed by atoms with Gasteiger partial charge in [0.1, 0.15) is 5.41 Å². The molecule has 6 heteroatoms. The smallest absolute Gasteiger partial charge is 0.238 e. The second-order valence-corrected chi connectivity index (χ2v) is 7.24. The van der Waals surface area contributed by atoms with Gasteiger partial charge < -0.3 is 15.1 Å². The SMILES string of the molecule is O=C(NCc1ccncc1)C1(C(=O)N2CCN(c3ccccc3)CC2)CC1. The van der Waals surface area contributed by atoms with Crippen molar-refractivity contribution >= 4 is 17.5 Å². The van der Waals surface area contributed by atoms with E-state index in [0.717, 1.165) is 18.7 Å². The van der Waals surface area contributed by atoms with Crippen LogP contribution in [0, 0.1) is 5.41 Å². The molecule has 4 rings (SSSR count). The van der Waals surface area contributed by atoms with Crippen molar-refractivity contribution in [2.24, 2.45) is 5.41 Å². The van der Waals surface area contributed by atoms with E-state index >= 15 is 0 Å². The van der Waals surface area contributed by atoms with Gasteiger partial charge in [0.2, 0.25) is 11.8 Å². The maximum Gasteiger partial charge on any atom is 0.238 e. The Morgan fingerprint density at radius 1 is 0.963 bits per heavy atom. The normalized spacial score (nSPS) is 18.1.